The van der Waals surface area contributed by atoms with Crippen LogP contribution in [0.3, 0.4) is 0 Å². The molecule has 1 amide bonds. The normalized spacial score (nSPS) is 17.9. The minimum atomic E-state index is -0.822. The molecule has 2 heterocycles. The highest BCUT2D eigenvalue weighted by molar-refractivity contribution is 5.96. The molecule has 0 saturated carbocycles. The van der Waals surface area contributed by atoms with Crippen LogP contribution in [0.4, 0.5) is 5.69 Å². The van der Waals surface area contributed by atoms with Gasteiger partial charge in [0, 0.05) is 30.9 Å². The van der Waals surface area contributed by atoms with Crippen LogP contribution in [0.5, 0.6) is 0 Å². The average molecular weight is 246 g/mol. The van der Waals surface area contributed by atoms with E-state index in [0.717, 1.165) is 24.2 Å². The number of hydrogen-bond donors (Lipinski definition) is 2. The van der Waals surface area contributed by atoms with Crippen LogP contribution in [-0.2, 0) is 11.2 Å². The summed E-state index contributed by atoms with van der Waals surface area (Å²) in [6.45, 7) is 1.56. The van der Waals surface area contributed by atoms with Gasteiger partial charge in [0.1, 0.15) is 0 Å². The molecule has 0 spiro atoms. The van der Waals surface area contributed by atoms with E-state index in [1.165, 1.54) is 0 Å². The Labute approximate surface area is 104 Å². The van der Waals surface area contributed by atoms with E-state index in [2.05, 4.69) is 5.32 Å². The largest absolute Gasteiger partial charge is 0.481 e. The molecule has 5 nitrogen and oxygen atoms in total. The van der Waals surface area contributed by atoms with Gasteiger partial charge >= 0.3 is 5.97 Å². The van der Waals surface area contributed by atoms with Crippen LogP contribution in [0, 0.1) is 5.92 Å². The molecular formula is C13H14N2O3. The molecular weight excluding hydrogens is 232 g/mol. The number of amides is 1. The third-order valence-electron chi connectivity index (χ3n) is 3.58. The second-order valence-corrected chi connectivity index (χ2v) is 4.79. The molecule has 0 bridgehead atoms. The molecule has 2 aliphatic rings. The third kappa shape index (κ3) is 1.72. The van der Waals surface area contributed by atoms with Gasteiger partial charge in [0.2, 0.25) is 0 Å². The number of aliphatic carboxylic acids is 1. The molecule has 0 aliphatic carbocycles. The predicted octanol–water partition coefficient (Wildman–Crippen LogP) is 0.811. The number of nitrogens with zero attached hydrogens (tertiary/aromatic N) is 1. The molecule has 18 heavy (non-hydrogen) atoms. The summed E-state index contributed by atoms with van der Waals surface area (Å²) < 4.78 is 0. The highest BCUT2D eigenvalue weighted by atomic mass is 16.4. The van der Waals surface area contributed by atoms with E-state index in [9.17, 15) is 9.59 Å². The Bertz CT molecular complexity index is 521. The molecule has 5 heteroatoms. The summed E-state index contributed by atoms with van der Waals surface area (Å²) in [6.07, 6.45) is 0.939. The van der Waals surface area contributed by atoms with Gasteiger partial charge in [0.25, 0.3) is 5.91 Å². The van der Waals surface area contributed by atoms with Crippen molar-refractivity contribution in [3.63, 3.8) is 0 Å². The first kappa shape index (κ1) is 11.1. The fraction of sp³-hybridized carbons (Fsp3) is 0.385. The van der Waals surface area contributed by atoms with E-state index in [0.29, 0.717) is 18.7 Å². The molecule has 0 radical (unpaired) electrons. The lowest BCUT2D eigenvalue weighted by atomic mass is 9.98. The topological polar surface area (TPSA) is 69.6 Å². The summed E-state index contributed by atoms with van der Waals surface area (Å²) in [5, 5.41) is 12.0. The molecule has 1 saturated heterocycles. The quantitative estimate of drug-likeness (QED) is 0.810. The van der Waals surface area contributed by atoms with Crippen LogP contribution in [0.1, 0.15) is 15.9 Å². The highest BCUT2D eigenvalue weighted by Gasteiger charge is 2.36. The second kappa shape index (κ2) is 4.01. The summed E-state index contributed by atoms with van der Waals surface area (Å²) in [4.78, 5) is 24.4. The third-order valence-corrected chi connectivity index (χ3v) is 3.58. The van der Waals surface area contributed by atoms with Gasteiger partial charge in [-0.05, 0) is 30.2 Å². The van der Waals surface area contributed by atoms with Crippen LogP contribution < -0.4 is 5.32 Å². The Kier molecular flexibility index (Phi) is 2.47. The Hall–Kier alpha value is -2.04. The fourth-order valence-electron chi connectivity index (χ4n) is 2.42. The van der Waals surface area contributed by atoms with Crippen LogP contribution in [0.15, 0.2) is 18.2 Å². The van der Waals surface area contributed by atoms with Crippen LogP contribution >= 0.6 is 0 Å². The lowest BCUT2D eigenvalue weighted by molar-refractivity contribution is -0.146. The fourth-order valence-corrected chi connectivity index (χ4v) is 2.42. The van der Waals surface area contributed by atoms with Gasteiger partial charge in [-0.3, -0.25) is 9.59 Å². The van der Waals surface area contributed by atoms with Gasteiger partial charge in [0.05, 0.1) is 5.92 Å². The summed E-state index contributed by atoms with van der Waals surface area (Å²) >= 11 is 0. The maximum atomic E-state index is 12.1. The molecule has 2 N–H and O–H groups in total. The Morgan fingerprint density at radius 3 is 2.83 bits per heavy atom. The van der Waals surface area contributed by atoms with E-state index in [-0.39, 0.29) is 5.91 Å². The molecule has 0 aromatic heterocycles. The van der Waals surface area contributed by atoms with Gasteiger partial charge in [-0.15, -0.1) is 0 Å². The first-order chi connectivity index (χ1) is 8.65. The minimum absolute atomic E-state index is 0.0674. The zero-order valence-electron chi connectivity index (χ0n) is 9.85. The minimum Gasteiger partial charge on any atom is -0.481 e. The zero-order valence-corrected chi connectivity index (χ0v) is 9.85. The number of likely N-dealkylation sites (tertiary alicyclic amines) is 1. The first-order valence-corrected chi connectivity index (χ1v) is 6.04. The first-order valence-electron chi connectivity index (χ1n) is 6.04. The van der Waals surface area contributed by atoms with Crippen molar-refractivity contribution in [2.75, 3.05) is 25.0 Å². The van der Waals surface area contributed by atoms with Gasteiger partial charge < -0.3 is 15.3 Å². The number of fused-ring (bicyclic) bond motifs is 1. The number of carboxylic acid groups (broad SMARTS) is 1. The summed E-state index contributed by atoms with van der Waals surface area (Å²) in [5.74, 6) is -1.29. The number of nitrogens with one attached hydrogen (secondary N) is 1. The predicted molar refractivity (Wildman–Crippen MR) is 65.7 cm³/mol. The highest BCUT2D eigenvalue weighted by Crippen LogP contribution is 2.25. The summed E-state index contributed by atoms with van der Waals surface area (Å²) in [6, 6.07) is 5.63. The van der Waals surface area contributed by atoms with Gasteiger partial charge in [0.15, 0.2) is 0 Å². The molecule has 3 rings (SSSR count). The Morgan fingerprint density at radius 2 is 2.11 bits per heavy atom. The number of carbonyl (C=O) groups is 2. The van der Waals surface area contributed by atoms with E-state index in [1.807, 2.05) is 12.1 Å². The number of anilines is 1. The molecule has 1 fully saturated rings. The summed E-state index contributed by atoms with van der Waals surface area (Å²) in [5.41, 5.74) is 2.91. The van der Waals surface area contributed by atoms with Crippen molar-refractivity contribution >= 4 is 17.6 Å². The lowest BCUT2D eigenvalue weighted by Gasteiger charge is -2.36. The smallest absolute Gasteiger partial charge is 0.310 e. The number of carbonyl (C=O) groups excluding carboxylic acids is 1. The van der Waals surface area contributed by atoms with Crippen molar-refractivity contribution in [3.05, 3.63) is 29.3 Å². The molecule has 0 unspecified atom stereocenters. The van der Waals surface area contributed by atoms with Crippen molar-refractivity contribution in [3.8, 4) is 0 Å². The Balaban J connectivity index is 1.72. The van der Waals surface area contributed by atoms with Gasteiger partial charge in [-0.1, -0.05) is 0 Å². The van der Waals surface area contributed by atoms with E-state index < -0.39 is 11.9 Å². The zero-order chi connectivity index (χ0) is 12.7. The lowest BCUT2D eigenvalue weighted by Crippen LogP contribution is -2.53. The molecule has 2 aliphatic heterocycles. The van der Waals surface area contributed by atoms with Crippen molar-refractivity contribution in [2.45, 2.75) is 6.42 Å². The standard InChI is InChI=1S/C13H14N2O3/c16-12(15-6-10(7-15)13(17)18)9-1-2-11-8(5-9)3-4-14-11/h1-2,5,10,14H,3-4,6-7H2,(H,17,18). The molecule has 0 atom stereocenters. The van der Waals surface area contributed by atoms with Crippen LogP contribution in [0.25, 0.3) is 0 Å². The van der Waals surface area contributed by atoms with E-state index in [1.54, 1.807) is 11.0 Å². The van der Waals surface area contributed by atoms with E-state index >= 15 is 0 Å². The van der Waals surface area contributed by atoms with Crippen molar-refractivity contribution in [1.82, 2.24) is 4.90 Å². The number of hydrogen-bond acceptors (Lipinski definition) is 3. The van der Waals surface area contributed by atoms with Crippen molar-refractivity contribution in [1.29, 1.82) is 0 Å². The van der Waals surface area contributed by atoms with Crippen molar-refractivity contribution in [2.24, 2.45) is 5.92 Å². The second-order valence-electron chi connectivity index (χ2n) is 4.79. The van der Waals surface area contributed by atoms with Crippen LogP contribution in [-0.4, -0.2) is 41.5 Å². The molecule has 1 aromatic carbocycles. The number of rotatable bonds is 2. The van der Waals surface area contributed by atoms with Crippen molar-refractivity contribution < 1.29 is 14.7 Å². The van der Waals surface area contributed by atoms with Gasteiger partial charge in [-0.2, -0.15) is 0 Å². The molecule has 1 aromatic rings. The SMILES string of the molecule is O=C(O)C1CN(C(=O)c2ccc3c(c2)CCN3)C1. The molecule has 94 valence electrons. The van der Waals surface area contributed by atoms with Gasteiger partial charge in [-0.25, -0.2) is 0 Å². The summed E-state index contributed by atoms with van der Waals surface area (Å²) in [7, 11) is 0. The maximum absolute atomic E-state index is 12.1. The monoisotopic (exact) mass is 246 g/mol. The maximum Gasteiger partial charge on any atom is 0.310 e. The van der Waals surface area contributed by atoms with E-state index in [4.69, 9.17) is 5.11 Å². The van der Waals surface area contributed by atoms with Crippen LogP contribution in [0.2, 0.25) is 0 Å². The average Bonchev–Trinajstić information content (AvgIpc) is 2.72. The number of benzene rings is 1. The Morgan fingerprint density at radius 1 is 1.33 bits per heavy atom. The number of carboxylic acids is 1.